The number of pyridine rings is 1. The summed E-state index contributed by atoms with van der Waals surface area (Å²) in [6.07, 6.45) is 1.57. The molecule has 0 spiro atoms. The van der Waals surface area contributed by atoms with Crippen LogP contribution in [-0.4, -0.2) is 31.8 Å². The van der Waals surface area contributed by atoms with Crippen LogP contribution in [0.25, 0.3) is 5.52 Å². The zero-order chi connectivity index (χ0) is 13.4. The summed E-state index contributed by atoms with van der Waals surface area (Å²) >= 11 is 0. The molecule has 0 aliphatic carbocycles. The predicted octanol–water partition coefficient (Wildman–Crippen LogP) is 1.85. The van der Waals surface area contributed by atoms with E-state index in [9.17, 15) is 9.59 Å². The van der Waals surface area contributed by atoms with E-state index in [1.165, 1.54) is 4.52 Å². The van der Waals surface area contributed by atoms with Gasteiger partial charge in [-0.25, -0.2) is 14.1 Å². The van der Waals surface area contributed by atoms with Crippen LogP contribution in [0, 0.1) is 0 Å². The van der Waals surface area contributed by atoms with Crippen LogP contribution in [0.1, 0.15) is 46.2 Å². The summed E-state index contributed by atoms with van der Waals surface area (Å²) < 4.78 is 1.28. The number of rotatable bonds is 3. The van der Waals surface area contributed by atoms with Gasteiger partial charge >= 0.3 is 11.9 Å². The second kappa shape index (κ2) is 4.14. The van der Waals surface area contributed by atoms with E-state index in [-0.39, 0.29) is 11.5 Å². The fourth-order valence-corrected chi connectivity index (χ4v) is 1.78. The summed E-state index contributed by atoms with van der Waals surface area (Å²) in [5, 5.41) is 21.8. The van der Waals surface area contributed by atoms with Crippen molar-refractivity contribution >= 4 is 17.5 Å². The molecule has 0 amide bonds. The van der Waals surface area contributed by atoms with Crippen LogP contribution in [0.4, 0.5) is 0 Å². The summed E-state index contributed by atoms with van der Waals surface area (Å²) in [5.41, 5.74) is 0.515. The van der Waals surface area contributed by atoms with Gasteiger partial charge in [0.05, 0.1) is 5.52 Å². The molecule has 0 aliphatic rings. The normalized spacial score (nSPS) is 11.1. The average molecular weight is 248 g/mol. The van der Waals surface area contributed by atoms with Crippen molar-refractivity contribution in [3.8, 4) is 0 Å². The van der Waals surface area contributed by atoms with E-state index in [0.29, 0.717) is 5.52 Å². The Balaban J connectivity index is 2.80. The van der Waals surface area contributed by atoms with Gasteiger partial charge in [0.15, 0.2) is 5.69 Å². The second-order valence-electron chi connectivity index (χ2n) is 4.28. The minimum Gasteiger partial charge on any atom is -0.478 e. The van der Waals surface area contributed by atoms with Gasteiger partial charge in [0, 0.05) is 6.20 Å². The highest BCUT2D eigenvalue weighted by Gasteiger charge is 2.24. The first-order valence-corrected chi connectivity index (χ1v) is 5.40. The maximum atomic E-state index is 11.2. The molecular formula is C12H12N2O4. The summed E-state index contributed by atoms with van der Waals surface area (Å²) in [7, 11) is 0. The molecule has 6 nitrogen and oxygen atoms in total. The smallest absolute Gasteiger partial charge is 0.357 e. The fraction of sp³-hybridized carbons (Fsp3) is 0.250. The number of aromatic carboxylic acids is 2. The fourth-order valence-electron chi connectivity index (χ4n) is 1.78. The lowest BCUT2D eigenvalue weighted by Gasteiger charge is -2.05. The van der Waals surface area contributed by atoms with Crippen molar-refractivity contribution in [3.05, 3.63) is 35.2 Å². The molecule has 0 saturated heterocycles. The highest BCUT2D eigenvalue weighted by Crippen LogP contribution is 2.21. The third kappa shape index (κ3) is 1.81. The van der Waals surface area contributed by atoms with Gasteiger partial charge in [0.25, 0.3) is 0 Å². The number of carboxylic acid groups (broad SMARTS) is 2. The largest absolute Gasteiger partial charge is 0.478 e. The number of carboxylic acids is 2. The van der Waals surface area contributed by atoms with E-state index in [0.717, 1.165) is 5.56 Å². The zero-order valence-electron chi connectivity index (χ0n) is 9.91. The highest BCUT2D eigenvalue weighted by molar-refractivity contribution is 6.05. The summed E-state index contributed by atoms with van der Waals surface area (Å²) in [5.74, 6) is -2.41. The van der Waals surface area contributed by atoms with Crippen LogP contribution in [0.2, 0.25) is 0 Å². The lowest BCUT2D eigenvalue weighted by Crippen LogP contribution is -2.06. The molecular weight excluding hydrogens is 236 g/mol. The number of carbonyl (C=O) groups is 2. The minimum atomic E-state index is -1.35. The first-order chi connectivity index (χ1) is 8.41. The van der Waals surface area contributed by atoms with Crippen molar-refractivity contribution in [1.29, 1.82) is 0 Å². The Kier molecular flexibility index (Phi) is 2.78. The quantitative estimate of drug-likeness (QED) is 0.864. The first kappa shape index (κ1) is 12.1. The molecule has 0 fully saturated rings. The third-order valence-corrected chi connectivity index (χ3v) is 2.74. The zero-order valence-corrected chi connectivity index (χ0v) is 9.91. The Morgan fingerprint density at radius 2 is 1.94 bits per heavy atom. The molecule has 2 aromatic heterocycles. The molecule has 0 saturated carbocycles. The Morgan fingerprint density at radius 3 is 2.44 bits per heavy atom. The van der Waals surface area contributed by atoms with Crippen molar-refractivity contribution in [1.82, 2.24) is 9.61 Å². The van der Waals surface area contributed by atoms with E-state index in [1.54, 1.807) is 18.3 Å². The molecule has 6 heteroatoms. The molecule has 18 heavy (non-hydrogen) atoms. The molecule has 0 bridgehead atoms. The summed E-state index contributed by atoms with van der Waals surface area (Å²) in [6.45, 7) is 3.95. The van der Waals surface area contributed by atoms with Crippen molar-refractivity contribution in [2.24, 2.45) is 0 Å². The molecule has 2 rings (SSSR count). The Morgan fingerprint density at radius 1 is 1.28 bits per heavy atom. The van der Waals surface area contributed by atoms with E-state index >= 15 is 0 Å². The van der Waals surface area contributed by atoms with Crippen molar-refractivity contribution in [3.63, 3.8) is 0 Å². The lowest BCUT2D eigenvalue weighted by molar-refractivity contribution is 0.0649. The number of hydrogen-bond acceptors (Lipinski definition) is 3. The van der Waals surface area contributed by atoms with Crippen LogP contribution in [-0.2, 0) is 0 Å². The predicted molar refractivity (Wildman–Crippen MR) is 63.2 cm³/mol. The molecule has 0 radical (unpaired) electrons. The van der Waals surface area contributed by atoms with Gasteiger partial charge in [-0.05, 0) is 23.6 Å². The van der Waals surface area contributed by atoms with E-state index in [1.807, 2.05) is 13.8 Å². The number of nitrogens with zero attached hydrogens (tertiary/aromatic N) is 2. The Labute approximate surface area is 102 Å². The van der Waals surface area contributed by atoms with Gasteiger partial charge in [0.1, 0.15) is 5.56 Å². The molecule has 2 heterocycles. The summed E-state index contributed by atoms with van der Waals surface area (Å²) in [6, 6.07) is 3.45. The van der Waals surface area contributed by atoms with Crippen LogP contribution < -0.4 is 0 Å². The minimum absolute atomic E-state index is 0.222. The number of aromatic nitrogens is 2. The average Bonchev–Trinajstić information content (AvgIpc) is 2.66. The monoisotopic (exact) mass is 248 g/mol. The van der Waals surface area contributed by atoms with Gasteiger partial charge in [0.2, 0.25) is 0 Å². The van der Waals surface area contributed by atoms with Gasteiger partial charge < -0.3 is 10.2 Å². The topological polar surface area (TPSA) is 91.9 Å². The standard InChI is InChI=1S/C12H12N2O4/c1-6(2)7-3-4-14-8(5-7)9(11(15)16)10(13-14)12(17)18/h3-6H,1-2H3,(H,15,16)(H,17,18). The van der Waals surface area contributed by atoms with Gasteiger partial charge in [-0.2, -0.15) is 5.10 Å². The summed E-state index contributed by atoms with van der Waals surface area (Å²) in [4.78, 5) is 22.1. The second-order valence-corrected chi connectivity index (χ2v) is 4.28. The van der Waals surface area contributed by atoms with E-state index in [4.69, 9.17) is 10.2 Å². The van der Waals surface area contributed by atoms with Crippen LogP contribution in [0.15, 0.2) is 18.3 Å². The maximum absolute atomic E-state index is 11.2. The molecule has 94 valence electrons. The van der Waals surface area contributed by atoms with Crippen molar-refractivity contribution in [2.75, 3.05) is 0 Å². The Hall–Kier alpha value is -2.37. The van der Waals surface area contributed by atoms with Gasteiger partial charge in [-0.3, -0.25) is 0 Å². The number of fused-ring (bicyclic) bond motifs is 1. The molecule has 0 atom stereocenters. The van der Waals surface area contributed by atoms with Gasteiger partial charge in [-0.1, -0.05) is 13.8 Å². The molecule has 2 N–H and O–H groups in total. The van der Waals surface area contributed by atoms with Gasteiger partial charge in [-0.15, -0.1) is 0 Å². The van der Waals surface area contributed by atoms with E-state index in [2.05, 4.69) is 5.10 Å². The number of hydrogen-bond donors (Lipinski definition) is 2. The third-order valence-electron chi connectivity index (χ3n) is 2.74. The highest BCUT2D eigenvalue weighted by atomic mass is 16.4. The molecule has 0 aromatic carbocycles. The van der Waals surface area contributed by atoms with Crippen molar-refractivity contribution < 1.29 is 19.8 Å². The van der Waals surface area contributed by atoms with Crippen LogP contribution >= 0.6 is 0 Å². The van der Waals surface area contributed by atoms with E-state index < -0.39 is 17.6 Å². The first-order valence-electron chi connectivity index (χ1n) is 5.40. The lowest BCUT2D eigenvalue weighted by atomic mass is 10.0. The van der Waals surface area contributed by atoms with Crippen LogP contribution in [0.3, 0.4) is 0 Å². The molecule has 0 unspecified atom stereocenters. The Bertz CT molecular complexity index is 643. The molecule has 0 aliphatic heterocycles. The SMILES string of the molecule is CC(C)c1ccn2nc(C(=O)O)c(C(=O)O)c2c1. The molecule has 2 aromatic rings. The van der Waals surface area contributed by atoms with Crippen LogP contribution in [0.5, 0.6) is 0 Å². The van der Waals surface area contributed by atoms with Crippen molar-refractivity contribution in [2.45, 2.75) is 19.8 Å². The maximum Gasteiger partial charge on any atom is 0.357 e.